The molecule has 1 aromatic carbocycles. The number of nitrogens with zero attached hydrogens (tertiary/aromatic N) is 2. The maximum Gasteiger partial charge on any atom is 0.280 e. The predicted octanol–water partition coefficient (Wildman–Crippen LogP) is 3.09. The summed E-state index contributed by atoms with van der Waals surface area (Å²) in [4.78, 5) is 4.28. The number of aromatic nitrogens is 1. The lowest BCUT2D eigenvalue weighted by Crippen LogP contribution is -1.88. The molecule has 0 aliphatic carbocycles. The predicted molar refractivity (Wildman–Crippen MR) is 64.2 cm³/mol. The van der Waals surface area contributed by atoms with E-state index in [4.69, 9.17) is 26.7 Å². The average Bonchev–Trinajstić information content (AvgIpc) is 2.72. The van der Waals surface area contributed by atoms with Crippen molar-refractivity contribution in [3.63, 3.8) is 0 Å². The molecule has 0 aliphatic rings. The maximum absolute atomic E-state index is 13.5. The van der Waals surface area contributed by atoms with Gasteiger partial charge in [-0.15, -0.1) is 0 Å². The Morgan fingerprint density at radius 3 is 2.89 bits per heavy atom. The fourth-order valence-electron chi connectivity index (χ4n) is 1.20. The van der Waals surface area contributed by atoms with Gasteiger partial charge in [-0.05, 0) is 18.2 Å². The Bertz CT molecular complexity index is 624. The number of benzene rings is 1. The van der Waals surface area contributed by atoms with Crippen LogP contribution in [0.25, 0.3) is 0 Å². The molecule has 2 aromatic rings. The Morgan fingerprint density at radius 1 is 1.56 bits per heavy atom. The van der Waals surface area contributed by atoms with E-state index in [-0.39, 0.29) is 28.3 Å². The highest BCUT2D eigenvalue weighted by atomic mass is 35.5. The Kier molecular flexibility index (Phi) is 3.77. The van der Waals surface area contributed by atoms with E-state index >= 15 is 0 Å². The first-order chi connectivity index (χ1) is 8.63. The van der Waals surface area contributed by atoms with Gasteiger partial charge in [0.2, 0.25) is 0 Å². The van der Waals surface area contributed by atoms with Gasteiger partial charge in [0.25, 0.3) is 5.19 Å². The van der Waals surface area contributed by atoms with Crippen molar-refractivity contribution < 1.29 is 14.2 Å². The molecule has 0 bridgehead atoms. The number of thiazole rings is 1. The summed E-state index contributed by atoms with van der Waals surface area (Å²) in [6.07, 6.45) is 0. The van der Waals surface area contributed by atoms with Gasteiger partial charge in [0, 0.05) is 0 Å². The molecule has 0 radical (unpaired) electrons. The molecule has 0 fully saturated rings. The van der Waals surface area contributed by atoms with Gasteiger partial charge in [-0.3, -0.25) is 0 Å². The molecule has 7 heteroatoms. The summed E-state index contributed by atoms with van der Waals surface area (Å²) in [6.45, 7) is -0.254. The zero-order valence-corrected chi connectivity index (χ0v) is 10.4. The summed E-state index contributed by atoms with van der Waals surface area (Å²) < 4.78 is 18.7. The Labute approximate surface area is 111 Å². The molecule has 0 atom stereocenters. The molecular weight excluding hydrogens is 279 g/mol. The third-order valence-electron chi connectivity index (χ3n) is 2.03. The van der Waals surface area contributed by atoms with Crippen LogP contribution in [-0.2, 0) is 6.61 Å². The lowest BCUT2D eigenvalue weighted by molar-refractivity contribution is 0.285. The molecular formula is C11H6ClFN2O2S. The van der Waals surface area contributed by atoms with E-state index in [9.17, 15) is 4.39 Å². The van der Waals surface area contributed by atoms with Gasteiger partial charge >= 0.3 is 0 Å². The van der Waals surface area contributed by atoms with Crippen LogP contribution < -0.4 is 4.74 Å². The van der Waals surface area contributed by atoms with Crippen LogP contribution in [0.2, 0.25) is 5.15 Å². The van der Waals surface area contributed by atoms with Crippen molar-refractivity contribution in [3.05, 3.63) is 39.6 Å². The van der Waals surface area contributed by atoms with Crippen molar-refractivity contribution in [2.75, 3.05) is 0 Å². The molecule has 0 spiro atoms. The van der Waals surface area contributed by atoms with Gasteiger partial charge < -0.3 is 9.84 Å². The molecule has 1 N–H and O–H groups in total. The van der Waals surface area contributed by atoms with E-state index in [0.717, 1.165) is 17.4 Å². The van der Waals surface area contributed by atoms with Crippen molar-refractivity contribution in [3.8, 4) is 17.0 Å². The van der Waals surface area contributed by atoms with E-state index in [1.807, 2.05) is 6.07 Å². The van der Waals surface area contributed by atoms with Crippen LogP contribution >= 0.6 is 22.9 Å². The highest BCUT2D eigenvalue weighted by molar-refractivity contribution is 7.13. The van der Waals surface area contributed by atoms with Gasteiger partial charge in [-0.2, -0.15) is 10.2 Å². The van der Waals surface area contributed by atoms with Crippen LogP contribution in [0, 0.1) is 17.1 Å². The summed E-state index contributed by atoms with van der Waals surface area (Å²) in [5.74, 6) is -0.713. The number of rotatable bonds is 3. The fraction of sp³-hybridized carbons (Fsp3) is 0.0909. The minimum atomic E-state index is -0.661. The molecule has 0 aliphatic heterocycles. The third-order valence-corrected chi connectivity index (χ3v) is 3.37. The largest absolute Gasteiger partial charge is 0.428 e. The first-order valence-electron chi connectivity index (χ1n) is 4.77. The average molecular weight is 285 g/mol. The highest BCUT2D eigenvalue weighted by Gasteiger charge is 2.12. The van der Waals surface area contributed by atoms with Crippen molar-refractivity contribution in [2.45, 2.75) is 6.61 Å². The summed E-state index contributed by atoms with van der Waals surface area (Å²) >= 11 is 6.75. The number of aliphatic hydroxyl groups is 1. The molecule has 2 rings (SSSR count). The molecule has 0 saturated heterocycles. The number of hydrogen-bond donors (Lipinski definition) is 1. The van der Waals surface area contributed by atoms with Crippen molar-refractivity contribution >= 4 is 22.9 Å². The molecule has 0 saturated carbocycles. The topological polar surface area (TPSA) is 66.1 Å². The zero-order valence-electron chi connectivity index (χ0n) is 8.85. The smallest absolute Gasteiger partial charge is 0.280 e. The summed E-state index contributed by atoms with van der Waals surface area (Å²) in [7, 11) is 0. The van der Waals surface area contributed by atoms with E-state index in [2.05, 4.69) is 4.98 Å². The van der Waals surface area contributed by atoms with Crippen molar-refractivity contribution in [2.24, 2.45) is 0 Å². The second-order valence-corrected chi connectivity index (χ2v) is 4.62. The molecule has 18 heavy (non-hydrogen) atoms. The van der Waals surface area contributed by atoms with E-state index in [0.29, 0.717) is 4.88 Å². The minimum Gasteiger partial charge on any atom is -0.428 e. The molecule has 1 heterocycles. The van der Waals surface area contributed by atoms with Gasteiger partial charge in [0.15, 0.2) is 11.6 Å². The Morgan fingerprint density at radius 2 is 2.33 bits per heavy atom. The second-order valence-electron chi connectivity index (χ2n) is 3.21. The first-order valence-corrected chi connectivity index (χ1v) is 5.97. The molecule has 1 aromatic heterocycles. The lowest BCUT2D eigenvalue weighted by atomic mass is 10.2. The van der Waals surface area contributed by atoms with Crippen molar-refractivity contribution in [1.29, 1.82) is 5.26 Å². The zero-order chi connectivity index (χ0) is 13.1. The quantitative estimate of drug-likeness (QED) is 0.940. The van der Waals surface area contributed by atoms with Gasteiger partial charge in [-0.25, -0.2) is 4.39 Å². The van der Waals surface area contributed by atoms with Crippen LogP contribution in [0.5, 0.6) is 10.9 Å². The third kappa shape index (κ3) is 2.59. The number of ether oxygens (including phenoxy) is 1. The minimum absolute atomic E-state index is 0.0519. The van der Waals surface area contributed by atoms with E-state index in [1.165, 1.54) is 12.1 Å². The first kappa shape index (κ1) is 12.8. The second kappa shape index (κ2) is 5.31. The van der Waals surface area contributed by atoms with E-state index in [1.54, 1.807) is 0 Å². The standard InChI is InChI=1S/C11H6ClFN2O2S/c12-10-9(5-16)18-11(15-10)17-8-2-1-6(4-14)3-7(8)13/h1-3,16H,5H2. The molecule has 0 unspecified atom stereocenters. The van der Waals surface area contributed by atoms with Gasteiger partial charge in [0.05, 0.1) is 23.1 Å². The lowest BCUT2D eigenvalue weighted by Gasteiger charge is -2.02. The van der Waals surface area contributed by atoms with Gasteiger partial charge in [-0.1, -0.05) is 22.9 Å². The van der Waals surface area contributed by atoms with Crippen molar-refractivity contribution in [1.82, 2.24) is 4.98 Å². The van der Waals surface area contributed by atoms with Crippen LogP contribution in [0.4, 0.5) is 4.39 Å². The van der Waals surface area contributed by atoms with E-state index < -0.39 is 5.82 Å². The molecule has 0 amide bonds. The number of nitriles is 1. The summed E-state index contributed by atoms with van der Waals surface area (Å²) in [6, 6.07) is 5.65. The normalized spacial score (nSPS) is 10.1. The van der Waals surface area contributed by atoms with Crippen LogP contribution in [0.1, 0.15) is 10.4 Å². The number of aliphatic hydroxyl groups excluding tert-OH is 1. The highest BCUT2D eigenvalue weighted by Crippen LogP contribution is 2.33. The monoisotopic (exact) mass is 284 g/mol. The van der Waals surface area contributed by atoms with Crippen LogP contribution in [0.3, 0.4) is 0 Å². The maximum atomic E-state index is 13.5. The molecule has 92 valence electrons. The Balaban J connectivity index is 2.26. The molecule has 4 nitrogen and oxygen atoms in total. The number of halogens is 2. The van der Waals surface area contributed by atoms with Crippen LogP contribution in [-0.4, -0.2) is 10.1 Å². The van der Waals surface area contributed by atoms with Gasteiger partial charge in [0.1, 0.15) is 5.15 Å². The summed E-state index contributed by atoms with van der Waals surface area (Å²) in [5.41, 5.74) is 0.202. The number of hydrogen-bond acceptors (Lipinski definition) is 5. The fourth-order valence-corrected chi connectivity index (χ4v) is 2.18. The summed E-state index contributed by atoms with van der Waals surface area (Å²) in [5, 5.41) is 17.8. The Hall–Kier alpha value is -1.68. The van der Waals surface area contributed by atoms with Crippen LogP contribution in [0.15, 0.2) is 18.2 Å². The SMILES string of the molecule is N#Cc1ccc(Oc2nc(Cl)c(CO)s2)c(F)c1.